The van der Waals surface area contributed by atoms with Crippen molar-refractivity contribution in [3.63, 3.8) is 0 Å². The summed E-state index contributed by atoms with van der Waals surface area (Å²) in [7, 11) is 0. The first kappa shape index (κ1) is 19.4. The van der Waals surface area contributed by atoms with Gasteiger partial charge in [-0.3, -0.25) is 0 Å². The first-order valence-corrected chi connectivity index (χ1v) is 11.2. The molecule has 3 aromatic rings. The van der Waals surface area contributed by atoms with Crippen LogP contribution in [0.5, 0.6) is 0 Å². The fraction of sp³-hybridized carbons (Fsp3) is 0.385. The van der Waals surface area contributed by atoms with Crippen molar-refractivity contribution in [3.05, 3.63) is 89.5 Å². The number of hydrogen-bond donors (Lipinski definition) is 0. The maximum atomic E-state index is 13.1. The molecule has 0 unspecified atom stereocenters. The molecule has 156 valence electrons. The quantitative estimate of drug-likeness (QED) is 0.589. The summed E-state index contributed by atoms with van der Waals surface area (Å²) in [6.07, 6.45) is 8.89. The summed E-state index contributed by atoms with van der Waals surface area (Å²) >= 11 is 0. The van der Waals surface area contributed by atoms with Gasteiger partial charge in [-0.25, -0.2) is 4.39 Å². The van der Waals surface area contributed by atoms with Gasteiger partial charge in [-0.1, -0.05) is 24.3 Å². The Morgan fingerprint density at radius 1 is 0.867 bits per heavy atom. The Balaban J connectivity index is 1.18. The molecule has 0 aliphatic carbocycles. The van der Waals surface area contributed by atoms with Crippen LogP contribution in [0.1, 0.15) is 29.5 Å². The maximum absolute atomic E-state index is 13.1. The van der Waals surface area contributed by atoms with E-state index in [4.69, 9.17) is 0 Å². The van der Waals surface area contributed by atoms with Crippen LogP contribution in [0, 0.1) is 5.82 Å². The number of halogens is 1. The van der Waals surface area contributed by atoms with Crippen molar-refractivity contribution in [2.75, 3.05) is 31.1 Å². The van der Waals surface area contributed by atoms with E-state index in [9.17, 15) is 4.39 Å². The van der Waals surface area contributed by atoms with Gasteiger partial charge < -0.3 is 14.4 Å². The predicted molar refractivity (Wildman–Crippen MR) is 121 cm³/mol. The second kappa shape index (κ2) is 8.65. The van der Waals surface area contributed by atoms with E-state index in [1.807, 2.05) is 12.1 Å². The third kappa shape index (κ3) is 4.29. The van der Waals surface area contributed by atoms with Crippen LogP contribution in [-0.2, 0) is 19.4 Å². The third-order valence-corrected chi connectivity index (χ3v) is 6.74. The molecule has 5 rings (SSSR count). The number of fused-ring (bicyclic) bond motifs is 1. The SMILES string of the molecule is Fc1ccc(CCN2CCC(N3CCc4ccc(Cn5cccc5)cc43)CC2)cc1. The van der Waals surface area contributed by atoms with Crippen molar-refractivity contribution in [1.82, 2.24) is 9.47 Å². The lowest BCUT2D eigenvalue weighted by molar-refractivity contribution is 0.212. The van der Waals surface area contributed by atoms with Crippen LogP contribution in [-0.4, -0.2) is 41.7 Å². The summed E-state index contributed by atoms with van der Waals surface area (Å²) in [5, 5.41) is 0. The van der Waals surface area contributed by atoms with Gasteiger partial charge in [0, 0.05) is 56.8 Å². The molecular formula is C26H30FN3. The highest BCUT2D eigenvalue weighted by Crippen LogP contribution is 2.33. The Hall–Kier alpha value is -2.59. The van der Waals surface area contributed by atoms with Crippen molar-refractivity contribution in [2.45, 2.75) is 38.3 Å². The first-order valence-electron chi connectivity index (χ1n) is 11.2. The zero-order valence-corrected chi connectivity index (χ0v) is 17.5. The summed E-state index contributed by atoms with van der Waals surface area (Å²) in [5.41, 5.74) is 5.57. The van der Waals surface area contributed by atoms with Gasteiger partial charge in [0.1, 0.15) is 5.82 Å². The molecule has 0 N–H and O–H groups in total. The van der Waals surface area contributed by atoms with Crippen molar-refractivity contribution in [1.29, 1.82) is 0 Å². The van der Waals surface area contributed by atoms with Crippen LogP contribution in [0.3, 0.4) is 0 Å². The van der Waals surface area contributed by atoms with Crippen LogP contribution in [0.15, 0.2) is 67.0 Å². The molecule has 0 saturated carbocycles. The molecule has 0 bridgehead atoms. The van der Waals surface area contributed by atoms with Crippen molar-refractivity contribution < 1.29 is 4.39 Å². The molecule has 30 heavy (non-hydrogen) atoms. The van der Waals surface area contributed by atoms with Crippen LogP contribution >= 0.6 is 0 Å². The topological polar surface area (TPSA) is 11.4 Å². The maximum Gasteiger partial charge on any atom is 0.123 e. The van der Waals surface area contributed by atoms with E-state index in [0.717, 1.165) is 39.1 Å². The number of hydrogen-bond acceptors (Lipinski definition) is 2. The van der Waals surface area contributed by atoms with Gasteiger partial charge in [0.25, 0.3) is 0 Å². The highest BCUT2D eigenvalue weighted by atomic mass is 19.1. The van der Waals surface area contributed by atoms with Gasteiger partial charge in [0.15, 0.2) is 0 Å². The molecular weight excluding hydrogens is 373 g/mol. The Bertz CT molecular complexity index is 956. The number of anilines is 1. The number of aromatic nitrogens is 1. The number of nitrogens with zero attached hydrogens (tertiary/aromatic N) is 3. The lowest BCUT2D eigenvalue weighted by Crippen LogP contribution is -2.45. The van der Waals surface area contributed by atoms with Gasteiger partial charge in [-0.15, -0.1) is 0 Å². The van der Waals surface area contributed by atoms with E-state index >= 15 is 0 Å². The van der Waals surface area contributed by atoms with Crippen molar-refractivity contribution >= 4 is 5.69 Å². The third-order valence-electron chi connectivity index (χ3n) is 6.74. The van der Waals surface area contributed by atoms with Crippen LogP contribution in [0.4, 0.5) is 10.1 Å². The van der Waals surface area contributed by atoms with E-state index in [-0.39, 0.29) is 5.82 Å². The van der Waals surface area contributed by atoms with E-state index in [1.165, 1.54) is 41.6 Å². The molecule has 0 atom stereocenters. The van der Waals surface area contributed by atoms with Gasteiger partial charge in [-0.2, -0.15) is 0 Å². The summed E-state index contributed by atoms with van der Waals surface area (Å²) in [6, 6.07) is 18.8. The van der Waals surface area contributed by atoms with Crippen molar-refractivity contribution in [3.8, 4) is 0 Å². The summed E-state index contributed by atoms with van der Waals surface area (Å²) in [6.45, 7) is 5.47. The fourth-order valence-corrected chi connectivity index (χ4v) is 5.01. The molecule has 2 aromatic carbocycles. The number of likely N-dealkylation sites (tertiary alicyclic amines) is 1. The van der Waals surface area contributed by atoms with Crippen LogP contribution in [0.25, 0.3) is 0 Å². The Morgan fingerprint density at radius 2 is 1.60 bits per heavy atom. The smallest absolute Gasteiger partial charge is 0.123 e. The molecule has 1 fully saturated rings. The Morgan fingerprint density at radius 3 is 2.37 bits per heavy atom. The van der Waals surface area contributed by atoms with Gasteiger partial charge in [0.2, 0.25) is 0 Å². The number of rotatable bonds is 6. The first-order chi connectivity index (χ1) is 14.7. The number of piperidine rings is 1. The molecule has 0 amide bonds. The standard InChI is InChI=1S/C26H30FN3/c27-24-7-4-21(5-8-24)9-15-28-16-11-25(12-17-28)30-18-10-23-6-3-22(19-26(23)30)20-29-13-1-2-14-29/h1-8,13-14,19,25H,9-12,15-18,20H2. The van der Waals surface area contributed by atoms with Gasteiger partial charge >= 0.3 is 0 Å². The molecule has 1 aromatic heterocycles. The highest BCUT2D eigenvalue weighted by Gasteiger charge is 2.29. The molecule has 2 aliphatic rings. The minimum Gasteiger partial charge on any atom is -0.368 e. The van der Waals surface area contributed by atoms with E-state index in [0.29, 0.717) is 6.04 Å². The van der Waals surface area contributed by atoms with E-state index in [1.54, 1.807) is 12.1 Å². The van der Waals surface area contributed by atoms with Gasteiger partial charge in [-0.05, 0) is 72.7 Å². The van der Waals surface area contributed by atoms with Crippen LogP contribution in [0.2, 0.25) is 0 Å². The van der Waals surface area contributed by atoms with E-state index in [2.05, 4.69) is 57.1 Å². The molecule has 0 spiro atoms. The average Bonchev–Trinajstić information content (AvgIpc) is 3.43. The summed E-state index contributed by atoms with van der Waals surface area (Å²) < 4.78 is 15.3. The summed E-state index contributed by atoms with van der Waals surface area (Å²) in [4.78, 5) is 5.24. The second-order valence-electron chi connectivity index (χ2n) is 8.71. The minimum atomic E-state index is -0.151. The Labute approximate surface area is 178 Å². The molecule has 0 radical (unpaired) electrons. The van der Waals surface area contributed by atoms with E-state index < -0.39 is 0 Å². The second-order valence-corrected chi connectivity index (χ2v) is 8.71. The minimum absolute atomic E-state index is 0.151. The van der Waals surface area contributed by atoms with Gasteiger partial charge in [0.05, 0.1) is 0 Å². The highest BCUT2D eigenvalue weighted by molar-refractivity contribution is 5.60. The summed E-state index contributed by atoms with van der Waals surface area (Å²) in [5.74, 6) is -0.151. The van der Waals surface area contributed by atoms with Crippen molar-refractivity contribution in [2.24, 2.45) is 0 Å². The molecule has 1 saturated heterocycles. The van der Waals surface area contributed by atoms with Crippen LogP contribution < -0.4 is 4.90 Å². The molecule has 2 aliphatic heterocycles. The molecule has 4 heteroatoms. The normalized spacial score (nSPS) is 17.4. The fourth-order valence-electron chi connectivity index (χ4n) is 5.01. The lowest BCUT2D eigenvalue weighted by atomic mass is 10.0. The molecule has 3 heterocycles. The predicted octanol–water partition coefficient (Wildman–Crippen LogP) is 4.75. The average molecular weight is 404 g/mol. The number of benzene rings is 2. The lowest BCUT2D eigenvalue weighted by Gasteiger charge is -2.38. The zero-order valence-electron chi connectivity index (χ0n) is 17.5. The largest absolute Gasteiger partial charge is 0.368 e. The monoisotopic (exact) mass is 403 g/mol. The molecule has 3 nitrogen and oxygen atoms in total. The Kier molecular flexibility index (Phi) is 5.58. The zero-order chi connectivity index (χ0) is 20.3.